The molecule has 0 aliphatic carbocycles. The average molecular weight is 254 g/mol. The zero-order valence-corrected chi connectivity index (χ0v) is 12.2. The summed E-state index contributed by atoms with van der Waals surface area (Å²) in [7, 11) is 0. The SMILES string of the molecule is CCCCC(CN)N(Cc1cccs1)C(C)C. The van der Waals surface area contributed by atoms with Crippen LogP contribution in [-0.2, 0) is 6.54 Å². The first kappa shape index (κ1) is 14.7. The Kier molecular flexibility index (Phi) is 6.78. The van der Waals surface area contributed by atoms with Gasteiger partial charge in [-0.05, 0) is 31.7 Å². The third kappa shape index (κ3) is 4.78. The Labute approximate surface area is 110 Å². The number of rotatable bonds is 8. The lowest BCUT2D eigenvalue weighted by molar-refractivity contribution is 0.139. The van der Waals surface area contributed by atoms with E-state index < -0.39 is 0 Å². The van der Waals surface area contributed by atoms with Crippen LogP contribution in [0.3, 0.4) is 0 Å². The molecule has 3 heteroatoms. The number of thiophene rings is 1. The summed E-state index contributed by atoms with van der Waals surface area (Å²) in [6, 6.07) is 5.43. The van der Waals surface area contributed by atoms with E-state index >= 15 is 0 Å². The second kappa shape index (κ2) is 7.85. The second-order valence-corrected chi connectivity index (χ2v) is 5.91. The Balaban J connectivity index is 2.62. The molecular weight excluding hydrogens is 228 g/mol. The van der Waals surface area contributed by atoms with Crippen LogP contribution in [0.25, 0.3) is 0 Å². The van der Waals surface area contributed by atoms with Gasteiger partial charge >= 0.3 is 0 Å². The van der Waals surface area contributed by atoms with Gasteiger partial charge in [-0.25, -0.2) is 0 Å². The zero-order chi connectivity index (χ0) is 12.7. The monoisotopic (exact) mass is 254 g/mol. The third-order valence-corrected chi connectivity index (χ3v) is 4.07. The molecule has 1 heterocycles. The highest BCUT2D eigenvalue weighted by Crippen LogP contribution is 2.18. The molecule has 1 aromatic rings. The van der Waals surface area contributed by atoms with Gasteiger partial charge < -0.3 is 5.73 Å². The molecule has 0 radical (unpaired) electrons. The standard InChI is InChI=1S/C14H26N2S/c1-4-5-7-13(10-15)16(12(2)3)11-14-8-6-9-17-14/h6,8-9,12-13H,4-5,7,10-11,15H2,1-3H3. The summed E-state index contributed by atoms with van der Waals surface area (Å²) in [5.74, 6) is 0. The molecule has 0 saturated heterocycles. The lowest BCUT2D eigenvalue weighted by Gasteiger charge is -2.34. The van der Waals surface area contributed by atoms with E-state index in [2.05, 4.69) is 43.2 Å². The second-order valence-electron chi connectivity index (χ2n) is 4.88. The van der Waals surface area contributed by atoms with Crippen LogP contribution in [0.15, 0.2) is 17.5 Å². The Bertz CT molecular complexity index is 282. The molecule has 0 amide bonds. The van der Waals surface area contributed by atoms with Crippen LogP contribution in [0, 0.1) is 0 Å². The fourth-order valence-electron chi connectivity index (χ4n) is 2.17. The average Bonchev–Trinajstić information content (AvgIpc) is 2.81. The van der Waals surface area contributed by atoms with Gasteiger partial charge in [0, 0.05) is 30.1 Å². The summed E-state index contributed by atoms with van der Waals surface area (Å²) in [4.78, 5) is 3.98. The Hall–Kier alpha value is -0.380. The zero-order valence-electron chi connectivity index (χ0n) is 11.4. The van der Waals surface area contributed by atoms with E-state index in [1.807, 2.05) is 11.3 Å². The summed E-state index contributed by atoms with van der Waals surface area (Å²) < 4.78 is 0. The molecule has 98 valence electrons. The Morgan fingerprint density at radius 3 is 2.65 bits per heavy atom. The van der Waals surface area contributed by atoms with Crippen LogP contribution in [-0.4, -0.2) is 23.5 Å². The van der Waals surface area contributed by atoms with Gasteiger partial charge in [-0.3, -0.25) is 4.90 Å². The van der Waals surface area contributed by atoms with Gasteiger partial charge in [0.2, 0.25) is 0 Å². The highest BCUT2D eigenvalue weighted by molar-refractivity contribution is 7.09. The van der Waals surface area contributed by atoms with Gasteiger partial charge in [-0.1, -0.05) is 25.8 Å². The van der Waals surface area contributed by atoms with E-state index in [1.165, 1.54) is 24.1 Å². The highest BCUT2D eigenvalue weighted by Gasteiger charge is 2.19. The fourth-order valence-corrected chi connectivity index (χ4v) is 2.89. The van der Waals surface area contributed by atoms with Crippen molar-refractivity contribution in [1.82, 2.24) is 4.90 Å². The first-order valence-electron chi connectivity index (χ1n) is 6.67. The number of nitrogens with zero attached hydrogens (tertiary/aromatic N) is 1. The predicted molar refractivity (Wildman–Crippen MR) is 77.4 cm³/mol. The largest absolute Gasteiger partial charge is 0.329 e. The lowest BCUT2D eigenvalue weighted by atomic mass is 10.1. The molecule has 2 N–H and O–H groups in total. The maximum atomic E-state index is 5.94. The molecule has 17 heavy (non-hydrogen) atoms. The van der Waals surface area contributed by atoms with E-state index in [1.54, 1.807) is 0 Å². The number of nitrogens with two attached hydrogens (primary N) is 1. The van der Waals surface area contributed by atoms with Crippen molar-refractivity contribution in [2.45, 2.75) is 58.7 Å². The Morgan fingerprint density at radius 2 is 2.18 bits per heavy atom. The Morgan fingerprint density at radius 1 is 1.41 bits per heavy atom. The van der Waals surface area contributed by atoms with Crippen LogP contribution < -0.4 is 5.73 Å². The summed E-state index contributed by atoms with van der Waals surface area (Å²) >= 11 is 1.84. The summed E-state index contributed by atoms with van der Waals surface area (Å²) in [6.45, 7) is 8.58. The van der Waals surface area contributed by atoms with Crippen LogP contribution >= 0.6 is 11.3 Å². The lowest BCUT2D eigenvalue weighted by Crippen LogP contribution is -2.44. The van der Waals surface area contributed by atoms with Gasteiger partial charge in [-0.2, -0.15) is 0 Å². The molecule has 1 atom stereocenters. The third-order valence-electron chi connectivity index (χ3n) is 3.21. The van der Waals surface area contributed by atoms with E-state index in [4.69, 9.17) is 5.73 Å². The normalized spacial score (nSPS) is 13.5. The molecule has 0 aliphatic heterocycles. The van der Waals surface area contributed by atoms with Gasteiger partial charge in [0.25, 0.3) is 0 Å². The molecule has 1 unspecified atom stereocenters. The predicted octanol–water partition coefficient (Wildman–Crippen LogP) is 3.48. The van der Waals surface area contributed by atoms with Gasteiger partial charge in [-0.15, -0.1) is 11.3 Å². The van der Waals surface area contributed by atoms with E-state index in [9.17, 15) is 0 Å². The van der Waals surface area contributed by atoms with Crippen molar-refractivity contribution in [3.63, 3.8) is 0 Å². The smallest absolute Gasteiger partial charge is 0.0334 e. The van der Waals surface area contributed by atoms with Crippen molar-refractivity contribution >= 4 is 11.3 Å². The first-order chi connectivity index (χ1) is 8.19. The minimum Gasteiger partial charge on any atom is -0.329 e. The van der Waals surface area contributed by atoms with Crippen LogP contribution in [0.2, 0.25) is 0 Å². The topological polar surface area (TPSA) is 29.3 Å². The molecule has 0 spiro atoms. The number of hydrogen-bond donors (Lipinski definition) is 1. The molecule has 1 rings (SSSR count). The quantitative estimate of drug-likeness (QED) is 0.769. The molecule has 1 aromatic heterocycles. The van der Waals surface area contributed by atoms with E-state index in [0.29, 0.717) is 12.1 Å². The van der Waals surface area contributed by atoms with Crippen LogP contribution in [0.5, 0.6) is 0 Å². The summed E-state index contributed by atoms with van der Waals surface area (Å²) in [6.07, 6.45) is 3.74. The fraction of sp³-hybridized carbons (Fsp3) is 0.714. The minimum absolute atomic E-state index is 0.525. The van der Waals surface area contributed by atoms with Crippen molar-refractivity contribution in [2.24, 2.45) is 5.73 Å². The van der Waals surface area contributed by atoms with Crippen molar-refractivity contribution in [3.05, 3.63) is 22.4 Å². The maximum absolute atomic E-state index is 5.94. The first-order valence-corrected chi connectivity index (χ1v) is 7.55. The molecule has 0 saturated carbocycles. The molecule has 0 bridgehead atoms. The molecule has 0 aliphatic rings. The van der Waals surface area contributed by atoms with Crippen molar-refractivity contribution in [2.75, 3.05) is 6.54 Å². The van der Waals surface area contributed by atoms with Crippen molar-refractivity contribution < 1.29 is 0 Å². The van der Waals surface area contributed by atoms with Gasteiger partial charge in [0.1, 0.15) is 0 Å². The van der Waals surface area contributed by atoms with Crippen molar-refractivity contribution in [1.29, 1.82) is 0 Å². The minimum atomic E-state index is 0.525. The number of unbranched alkanes of at least 4 members (excludes halogenated alkanes) is 1. The van der Waals surface area contributed by atoms with Gasteiger partial charge in [0.05, 0.1) is 0 Å². The molecule has 0 fully saturated rings. The molecular formula is C14H26N2S. The number of hydrogen-bond acceptors (Lipinski definition) is 3. The summed E-state index contributed by atoms with van der Waals surface area (Å²) in [5.41, 5.74) is 5.94. The van der Waals surface area contributed by atoms with Crippen LogP contribution in [0.4, 0.5) is 0 Å². The van der Waals surface area contributed by atoms with Crippen molar-refractivity contribution in [3.8, 4) is 0 Å². The van der Waals surface area contributed by atoms with Gasteiger partial charge in [0.15, 0.2) is 0 Å². The molecule has 0 aromatic carbocycles. The highest BCUT2D eigenvalue weighted by atomic mass is 32.1. The van der Waals surface area contributed by atoms with Crippen LogP contribution in [0.1, 0.15) is 44.9 Å². The summed E-state index contributed by atoms with van der Waals surface area (Å²) in [5, 5.41) is 2.15. The maximum Gasteiger partial charge on any atom is 0.0334 e. The molecule has 2 nitrogen and oxygen atoms in total. The van der Waals surface area contributed by atoms with E-state index in [0.717, 1.165) is 13.1 Å². The van der Waals surface area contributed by atoms with E-state index in [-0.39, 0.29) is 0 Å².